The fourth-order valence-corrected chi connectivity index (χ4v) is 2.66. The first kappa shape index (κ1) is 12.8. The minimum absolute atomic E-state index is 0.134. The van der Waals surface area contributed by atoms with Crippen molar-refractivity contribution in [2.75, 3.05) is 11.9 Å². The van der Waals surface area contributed by atoms with Crippen molar-refractivity contribution in [3.05, 3.63) is 33.9 Å². The number of para-hydroxylation sites is 1. The molecule has 2 rings (SSSR count). The van der Waals surface area contributed by atoms with Crippen LogP contribution < -0.4 is 11.1 Å². The van der Waals surface area contributed by atoms with E-state index < -0.39 is 0 Å². The van der Waals surface area contributed by atoms with E-state index in [1.807, 2.05) is 13.0 Å². The standard InChI is InChI=1S/C13H19N3O2/c1-10-5-4-6-11(16(17)18)12(10)15-13(9-14)7-2-3-8-13/h4-6,15H,2-3,7-9,14H2,1H3. The van der Waals surface area contributed by atoms with Gasteiger partial charge in [-0.2, -0.15) is 0 Å². The van der Waals surface area contributed by atoms with Crippen LogP contribution in [0.3, 0.4) is 0 Å². The Labute approximate surface area is 107 Å². The molecule has 1 saturated carbocycles. The van der Waals surface area contributed by atoms with Crippen molar-refractivity contribution in [3.63, 3.8) is 0 Å². The maximum atomic E-state index is 11.1. The van der Waals surface area contributed by atoms with Gasteiger partial charge in [0.15, 0.2) is 0 Å². The summed E-state index contributed by atoms with van der Waals surface area (Å²) in [5.74, 6) is 0. The average Bonchev–Trinajstić information content (AvgIpc) is 2.81. The van der Waals surface area contributed by atoms with Gasteiger partial charge in [0, 0.05) is 18.2 Å². The zero-order chi connectivity index (χ0) is 13.2. The Balaban J connectivity index is 2.35. The highest BCUT2D eigenvalue weighted by Crippen LogP contribution is 2.36. The van der Waals surface area contributed by atoms with Gasteiger partial charge in [0.2, 0.25) is 0 Å². The van der Waals surface area contributed by atoms with Gasteiger partial charge in [-0.05, 0) is 25.3 Å². The number of aryl methyl sites for hydroxylation is 1. The van der Waals surface area contributed by atoms with Crippen molar-refractivity contribution in [2.24, 2.45) is 5.73 Å². The SMILES string of the molecule is Cc1cccc([N+](=O)[O-])c1NC1(CN)CCCC1. The van der Waals surface area contributed by atoms with Crippen LogP contribution in [0.4, 0.5) is 11.4 Å². The molecule has 5 nitrogen and oxygen atoms in total. The fraction of sp³-hybridized carbons (Fsp3) is 0.538. The second-order valence-corrected chi connectivity index (χ2v) is 5.04. The van der Waals surface area contributed by atoms with Crippen molar-refractivity contribution in [1.82, 2.24) is 0 Å². The number of rotatable bonds is 4. The van der Waals surface area contributed by atoms with Crippen LogP contribution in [-0.2, 0) is 0 Å². The molecule has 1 fully saturated rings. The van der Waals surface area contributed by atoms with Crippen molar-refractivity contribution in [2.45, 2.75) is 38.1 Å². The van der Waals surface area contributed by atoms with Gasteiger partial charge in [0.1, 0.15) is 5.69 Å². The molecular formula is C13H19N3O2. The first-order valence-corrected chi connectivity index (χ1v) is 6.30. The highest BCUT2D eigenvalue weighted by Gasteiger charge is 2.34. The first-order chi connectivity index (χ1) is 8.58. The first-order valence-electron chi connectivity index (χ1n) is 6.30. The zero-order valence-corrected chi connectivity index (χ0v) is 10.6. The lowest BCUT2D eigenvalue weighted by Crippen LogP contribution is -2.43. The lowest BCUT2D eigenvalue weighted by Gasteiger charge is -2.30. The number of anilines is 1. The Morgan fingerprint density at radius 3 is 2.67 bits per heavy atom. The van der Waals surface area contributed by atoms with Crippen LogP contribution in [0.2, 0.25) is 0 Å². The summed E-state index contributed by atoms with van der Waals surface area (Å²) in [5, 5.41) is 14.4. The maximum Gasteiger partial charge on any atom is 0.292 e. The van der Waals surface area contributed by atoms with Crippen LogP contribution in [0.1, 0.15) is 31.2 Å². The number of hydrogen-bond acceptors (Lipinski definition) is 4. The largest absolute Gasteiger partial charge is 0.373 e. The van der Waals surface area contributed by atoms with E-state index in [1.165, 1.54) is 6.07 Å². The molecule has 3 N–H and O–H groups in total. The highest BCUT2D eigenvalue weighted by molar-refractivity contribution is 5.67. The van der Waals surface area contributed by atoms with Gasteiger partial charge in [0.25, 0.3) is 5.69 Å². The second-order valence-electron chi connectivity index (χ2n) is 5.04. The topological polar surface area (TPSA) is 81.2 Å². The lowest BCUT2D eigenvalue weighted by molar-refractivity contribution is -0.384. The average molecular weight is 249 g/mol. The molecule has 0 aliphatic heterocycles. The van der Waals surface area contributed by atoms with Crippen LogP contribution in [0.15, 0.2) is 18.2 Å². The van der Waals surface area contributed by atoms with E-state index in [0.29, 0.717) is 12.2 Å². The maximum absolute atomic E-state index is 11.1. The normalized spacial score (nSPS) is 17.7. The van der Waals surface area contributed by atoms with Gasteiger partial charge in [-0.1, -0.05) is 25.0 Å². The van der Waals surface area contributed by atoms with Crippen molar-refractivity contribution in [1.29, 1.82) is 0 Å². The van der Waals surface area contributed by atoms with Crippen LogP contribution in [0, 0.1) is 17.0 Å². The highest BCUT2D eigenvalue weighted by atomic mass is 16.6. The molecule has 0 amide bonds. The molecule has 5 heteroatoms. The summed E-state index contributed by atoms with van der Waals surface area (Å²) >= 11 is 0. The Morgan fingerprint density at radius 2 is 2.11 bits per heavy atom. The van der Waals surface area contributed by atoms with E-state index in [9.17, 15) is 10.1 Å². The quantitative estimate of drug-likeness (QED) is 0.634. The van der Waals surface area contributed by atoms with Crippen LogP contribution in [0.25, 0.3) is 0 Å². The number of nitro benzene ring substituents is 1. The third-order valence-electron chi connectivity index (χ3n) is 3.79. The molecular weight excluding hydrogens is 230 g/mol. The summed E-state index contributed by atoms with van der Waals surface area (Å²) in [6, 6.07) is 5.13. The molecule has 1 aliphatic rings. The van der Waals surface area contributed by atoms with E-state index in [1.54, 1.807) is 6.07 Å². The van der Waals surface area contributed by atoms with Crippen LogP contribution in [-0.4, -0.2) is 17.0 Å². The molecule has 0 atom stereocenters. The smallest absolute Gasteiger partial charge is 0.292 e. The lowest BCUT2D eigenvalue weighted by atomic mass is 9.96. The number of nitrogens with zero attached hydrogens (tertiary/aromatic N) is 1. The van der Waals surface area contributed by atoms with E-state index in [-0.39, 0.29) is 16.1 Å². The van der Waals surface area contributed by atoms with Crippen LogP contribution >= 0.6 is 0 Å². The Hall–Kier alpha value is -1.62. The Bertz CT molecular complexity index is 454. The third kappa shape index (κ3) is 2.31. The van der Waals surface area contributed by atoms with Gasteiger partial charge in [-0.3, -0.25) is 10.1 Å². The monoisotopic (exact) mass is 249 g/mol. The van der Waals surface area contributed by atoms with Gasteiger partial charge >= 0.3 is 0 Å². The predicted octanol–water partition coefficient (Wildman–Crippen LogP) is 2.59. The minimum Gasteiger partial charge on any atom is -0.373 e. The molecule has 0 heterocycles. The van der Waals surface area contributed by atoms with Gasteiger partial charge in [-0.15, -0.1) is 0 Å². The molecule has 18 heavy (non-hydrogen) atoms. The van der Waals surface area contributed by atoms with Crippen molar-refractivity contribution >= 4 is 11.4 Å². The summed E-state index contributed by atoms with van der Waals surface area (Å²) in [4.78, 5) is 10.7. The summed E-state index contributed by atoms with van der Waals surface area (Å²) < 4.78 is 0. The summed E-state index contributed by atoms with van der Waals surface area (Å²) in [5.41, 5.74) is 7.34. The Kier molecular flexibility index (Phi) is 3.52. The van der Waals surface area contributed by atoms with E-state index in [0.717, 1.165) is 31.2 Å². The second kappa shape index (κ2) is 4.94. The summed E-state index contributed by atoms with van der Waals surface area (Å²) in [7, 11) is 0. The minimum atomic E-state index is -0.339. The molecule has 0 unspecified atom stereocenters. The summed E-state index contributed by atoms with van der Waals surface area (Å²) in [6.07, 6.45) is 4.22. The number of benzene rings is 1. The Morgan fingerprint density at radius 1 is 1.44 bits per heavy atom. The molecule has 0 spiro atoms. The molecule has 0 bridgehead atoms. The third-order valence-corrected chi connectivity index (χ3v) is 3.79. The van der Waals surface area contributed by atoms with Crippen molar-refractivity contribution in [3.8, 4) is 0 Å². The van der Waals surface area contributed by atoms with Gasteiger partial charge in [-0.25, -0.2) is 0 Å². The number of hydrogen-bond donors (Lipinski definition) is 2. The zero-order valence-electron chi connectivity index (χ0n) is 10.6. The van der Waals surface area contributed by atoms with E-state index >= 15 is 0 Å². The fourth-order valence-electron chi connectivity index (χ4n) is 2.66. The van der Waals surface area contributed by atoms with Gasteiger partial charge in [0.05, 0.1) is 4.92 Å². The van der Waals surface area contributed by atoms with E-state index in [4.69, 9.17) is 5.73 Å². The molecule has 1 aromatic rings. The van der Waals surface area contributed by atoms with Gasteiger partial charge < -0.3 is 11.1 Å². The molecule has 0 saturated heterocycles. The summed E-state index contributed by atoms with van der Waals surface area (Å²) in [6.45, 7) is 2.40. The van der Waals surface area contributed by atoms with Crippen LogP contribution in [0.5, 0.6) is 0 Å². The number of nitro groups is 1. The molecule has 0 radical (unpaired) electrons. The number of nitrogens with one attached hydrogen (secondary N) is 1. The molecule has 0 aromatic heterocycles. The molecule has 1 aromatic carbocycles. The van der Waals surface area contributed by atoms with E-state index in [2.05, 4.69) is 5.32 Å². The molecule has 98 valence electrons. The number of nitrogens with two attached hydrogens (primary N) is 1. The predicted molar refractivity (Wildman–Crippen MR) is 71.7 cm³/mol. The molecule has 1 aliphatic carbocycles. The van der Waals surface area contributed by atoms with Crippen molar-refractivity contribution < 1.29 is 4.92 Å².